The van der Waals surface area contributed by atoms with Gasteiger partial charge in [-0.25, -0.2) is 4.79 Å². The Morgan fingerprint density at radius 2 is 1.49 bits per heavy atom. The lowest BCUT2D eigenvalue weighted by Crippen LogP contribution is -2.48. The molecule has 0 aliphatic carbocycles. The topological polar surface area (TPSA) is 117 Å². The van der Waals surface area contributed by atoms with Gasteiger partial charge in [0.1, 0.15) is 12.1 Å². The fourth-order valence-corrected chi connectivity index (χ4v) is 4.23. The van der Waals surface area contributed by atoms with E-state index in [-0.39, 0.29) is 18.7 Å². The van der Waals surface area contributed by atoms with Crippen molar-refractivity contribution in [2.24, 2.45) is 0 Å². The molecule has 0 spiro atoms. The summed E-state index contributed by atoms with van der Waals surface area (Å²) in [6.07, 6.45) is -0.901. The number of ketones is 1. The Kier molecular flexibility index (Phi) is 7.83. The maximum absolute atomic E-state index is 13.5. The Hall–Kier alpha value is -4.66. The standard InChI is InChI=1S/C28H28N4O5/c1-29-21-12-8-18(9-13-21)19-10-14-22(15-11-19)30-26(34)24-16-23(33)17-32(24)27(35)25(31-28(36)37-2)20-6-4-3-5-7-20/h3-15,24-25,29H,16-17H2,1-2H3,(H,30,34)(H,31,36). The largest absolute Gasteiger partial charge is 0.453 e. The average Bonchev–Trinajstić information content (AvgIpc) is 3.34. The van der Waals surface area contributed by atoms with Crippen LogP contribution in [0.3, 0.4) is 0 Å². The van der Waals surface area contributed by atoms with Gasteiger partial charge in [-0.05, 0) is 41.0 Å². The molecule has 9 heteroatoms. The second-order valence-electron chi connectivity index (χ2n) is 8.60. The van der Waals surface area contributed by atoms with Crippen molar-refractivity contribution in [2.75, 3.05) is 31.3 Å². The van der Waals surface area contributed by atoms with Crippen molar-refractivity contribution < 1.29 is 23.9 Å². The molecule has 2 atom stereocenters. The molecule has 2 unspecified atom stereocenters. The van der Waals surface area contributed by atoms with Gasteiger partial charge in [-0.3, -0.25) is 14.4 Å². The van der Waals surface area contributed by atoms with Gasteiger partial charge < -0.3 is 25.6 Å². The third kappa shape index (κ3) is 5.95. The van der Waals surface area contributed by atoms with Crippen LogP contribution in [0.4, 0.5) is 16.2 Å². The molecule has 0 radical (unpaired) electrons. The minimum absolute atomic E-state index is 0.104. The van der Waals surface area contributed by atoms with Crippen molar-refractivity contribution in [1.29, 1.82) is 0 Å². The predicted octanol–water partition coefficient (Wildman–Crippen LogP) is 3.60. The number of carbonyl (C=O) groups excluding carboxylic acids is 4. The third-order valence-electron chi connectivity index (χ3n) is 6.22. The fraction of sp³-hybridized carbons (Fsp3) is 0.214. The highest BCUT2D eigenvalue weighted by molar-refractivity contribution is 6.05. The Bertz CT molecular complexity index is 1280. The van der Waals surface area contributed by atoms with E-state index in [0.717, 1.165) is 16.8 Å². The molecule has 0 aromatic heterocycles. The average molecular weight is 501 g/mol. The van der Waals surface area contributed by atoms with Crippen molar-refractivity contribution in [3.05, 3.63) is 84.4 Å². The summed E-state index contributed by atoms with van der Waals surface area (Å²) in [5.41, 5.74) is 4.07. The van der Waals surface area contributed by atoms with Gasteiger partial charge >= 0.3 is 6.09 Å². The summed E-state index contributed by atoms with van der Waals surface area (Å²) < 4.78 is 4.67. The minimum Gasteiger partial charge on any atom is -0.453 e. The predicted molar refractivity (Wildman–Crippen MR) is 140 cm³/mol. The van der Waals surface area contributed by atoms with Crippen LogP contribution in [0.1, 0.15) is 18.0 Å². The molecule has 9 nitrogen and oxygen atoms in total. The van der Waals surface area contributed by atoms with Crippen molar-refractivity contribution in [1.82, 2.24) is 10.2 Å². The molecule has 37 heavy (non-hydrogen) atoms. The number of benzene rings is 3. The first kappa shape index (κ1) is 25.4. The number of hydrogen-bond donors (Lipinski definition) is 3. The van der Waals surface area contributed by atoms with Gasteiger partial charge in [0.15, 0.2) is 5.78 Å². The van der Waals surface area contributed by atoms with Gasteiger partial charge in [0.05, 0.1) is 13.7 Å². The van der Waals surface area contributed by atoms with Crippen LogP contribution in [-0.2, 0) is 19.1 Å². The van der Waals surface area contributed by atoms with Crippen LogP contribution in [0.25, 0.3) is 11.1 Å². The summed E-state index contributed by atoms with van der Waals surface area (Å²) in [4.78, 5) is 52.1. The first-order valence-corrected chi connectivity index (χ1v) is 11.8. The summed E-state index contributed by atoms with van der Waals surface area (Å²) in [5, 5.41) is 8.40. The number of hydrogen-bond acceptors (Lipinski definition) is 6. The number of carbonyl (C=O) groups is 4. The molecule has 1 fully saturated rings. The van der Waals surface area contributed by atoms with Gasteiger partial charge in [-0.15, -0.1) is 0 Å². The number of methoxy groups -OCH3 is 1. The van der Waals surface area contributed by atoms with Crippen molar-refractivity contribution in [2.45, 2.75) is 18.5 Å². The lowest BCUT2D eigenvalue weighted by atomic mass is 10.0. The Balaban J connectivity index is 1.49. The Morgan fingerprint density at radius 3 is 2.05 bits per heavy atom. The SMILES string of the molecule is CNc1ccc(-c2ccc(NC(=O)C3CC(=O)CN3C(=O)C(NC(=O)OC)c3ccccc3)cc2)cc1. The molecule has 3 aromatic rings. The van der Waals surface area contributed by atoms with E-state index >= 15 is 0 Å². The van der Waals surface area contributed by atoms with E-state index in [9.17, 15) is 19.2 Å². The second kappa shape index (κ2) is 11.4. The van der Waals surface area contributed by atoms with Gasteiger partial charge in [-0.2, -0.15) is 0 Å². The van der Waals surface area contributed by atoms with Crippen LogP contribution in [-0.4, -0.2) is 55.3 Å². The number of nitrogens with zero attached hydrogens (tertiary/aromatic N) is 1. The molecule has 1 aliphatic rings. The smallest absolute Gasteiger partial charge is 0.407 e. The Labute approximate surface area is 214 Å². The summed E-state index contributed by atoms with van der Waals surface area (Å²) >= 11 is 0. The lowest BCUT2D eigenvalue weighted by Gasteiger charge is -2.28. The van der Waals surface area contributed by atoms with Crippen LogP contribution in [0.5, 0.6) is 0 Å². The summed E-state index contributed by atoms with van der Waals surface area (Å²) in [6.45, 7) is -0.218. The highest BCUT2D eigenvalue weighted by Crippen LogP contribution is 2.26. The number of nitrogens with one attached hydrogen (secondary N) is 3. The van der Waals surface area contributed by atoms with Crippen molar-refractivity contribution in [3.8, 4) is 11.1 Å². The molecule has 4 rings (SSSR count). The molecular weight excluding hydrogens is 472 g/mol. The van der Waals surface area contributed by atoms with Gasteiger partial charge in [0.2, 0.25) is 5.91 Å². The number of Topliss-reactive ketones (excluding diaryl/α,β-unsaturated/α-hetero) is 1. The van der Waals surface area contributed by atoms with Crippen LogP contribution in [0.2, 0.25) is 0 Å². The van der Waals surface area contributed by atoms with Gasteiger partial charge in [0.25, 0.3) is 5.91 Å². The van der Waals surface area contributed by atoms with E-state index in [2.05, 4.69) is 20.7 Å². The maximum atomic E-state index is 13.5. The quantitative estimate of drug-likeness (QED) is 0.456. The molecule has 1 aliphatic heterocycles. The number of ether oxygens (including phenoxy) is 1. The summed E-state index contributed by atoms with van der Waals surface area (Å²) in [5.74, 6) is -1.28. The van der Waals surface area contributed by atoms with Crippen LogP contribution in [0, 0.1) is 0 Å². The molecule has 3 amide bonds. The van der Waals surface area contributed by atoms with Crippen LogP contribution in [0.15, 0.2) is 78.9 Å². The van der Waals surface area contributed by atoms with E-state index < -0.39 is 30.0 Å². The molecule has 190 valence electrons. The van der Waals surface area contributed by atoms with E-state index in [1.807, 2.05) is 43.4 Å². The summed E-state index contributed by atoms with van der Waals surface area (Å²) in [6, 6.07) is 21.8. The third-order valence-corrected chi connectivity index (χ3v) is 6.22. The molecule has 0 saturated carbocycles. The van der Waals surface area contributed by atoms with Gasteiger partial charge in [0, 0.05) is 24.8 Å². The lowest BCUT2D eigenvalue weighted by molar-refractivity contribution is -0.138. The van der Waals surface area contributed by atoms with Gasteiger partial charge in [-0.1, -0.05) is 54.6 Å². The van der Waals surface area contributed by atoms with E-state index in [1.165, 1.54) is 12.0 Å². The molecule has 3 N–H and O–H groups in total. The maximum Gasteiger partial charge on any atom is 0.407 e. The number of likely N-dealkylation sites (tertiary alicyclic amines) is 1. The van der Waals surface area contributed by atoms with Crippen molar-refractivity contribution in [3.63, 3.8) is 0 Å². The molecule has 3 aromatic carbocycles. The highest BCUT2D eigenvalue weighted by Gasteiger charge is 2.42. The Morgan fingerprint density at radius 1 is 0.892 bits per heavy atom. The molecular formula is C28H28N4O5. The summed E-state index contributed by atoms with van der Waals surface area (Å²) in [7, 11) is 3.05. The van der Waals surface area contributed by atoms with Crippen molar-refractivity contribution >= 4 is 35.1 Å². The normalized spacial score (nSPS) is 15.6. The van der Waals surface area contributed by atoms with Crippen LogP contribution >= 0.6 is 0 Å². The first-order chi connectivity index (χ1) is 17.9. The minimum atomic E-state index is -1.11. The highest BCUT2D eigenvalue weighted by atomic mass is 16.5. The second-order valence-corrected chi connectivity index (χ2v) is 8.60. The molecule has 1 heterocycles. The van der Waals surface area contributed by atoms with E-state index in [1.54, 1.807) is 42.5 Å². The number of amides is 3. The molecule has 1 saturated heterocycles. The zero-order valence-corrected chi connectivity index (χ0v) is 20.6. The van der Waals surface area contributed by atoms with Crippen LogP contribution < -0.4 is 16.0 Å². The zero-order chi connectivity index (χ0) is 26.4. The molecule has 0 bridgehead atoms. The monoisotopic (exact) mass is 500 g/mol. The van der Waals surface area contributed by atoms with E-state index in [0.29, 0.717) is 11.3 Å². The van der Waals surface area contributed by atoms with E-state index in [4.69, 9.17) is 0 Å². The number of rotatable bonds is 7. The zero-order valence-electron chi connectivity index (χ0n) is 20.6. The number of anilines is 2. The fourth-order valence-electron chi connectivity index (χ4n) is 4.23. The number of alkyl carbamates (subject to hydrolysis) is 1. The first-order valence-electron chi connectivity index (χ1n) is 11.8.